The second-order valence-electron chi connectivity index (χ2n) is 8.54. The lowest BCUT2D eigenvalue weighted by Crippen LogP contribution is -2.29. The minimum Gasteiger partial charge on any atom is -0.480 e. The number of rotatable bonds is 10. The third kappa shape index (κ3) is 5.92. The van der Waals surface area contributed by atoms with E-state index < -0.39 is 24.2 Å². The molecule has 4 rings (SSSR count). The van der Waals surface area contributed by atoms with Gasteiger partial charge >= 0.3 is 12.1 Å². The summed E-state index contributed by atoms with van der Waals surface area (Å²) in [5.41, 5.74) is 2.69. The lowest BCUT2D eigenvalue weighted by Gasteiger charge is -2.15. The summed E-state index contributed by atoms with van der Waals surface area (Å²) in [5, 5.41) is 19.1. The quantitative estimate of drug-likeness (QED) is 0.363. The van der Waals surface area contributed by atoms with E-state index in [1.165, 1.54) is 12.8 Å². The van der Waals surface area contributed by atoms with Crippen LogP contribution < -0.4 is 10.6 Å². The van der Waals surface area contributed by atoms with Gasteiger partial charge in [0.15, 0.2) is 0 Å². The molecule has 1 aliphatic rings. The molecule has 2 aromatic heterocycles. The van der Waals surface area contributed by atoms with Crippen molar-refractivity contribution in [3.8, 4) is 11.1 Å². The summed E-state index contributed by atoms with van der Waals surface area (Å²) in [7, 11) is 0. The fourth-order valence-electron chi connectivity index (χ4n) is 3.74. The maximum absolute atomic E-state index is 12.4. The SMILES string of the molecule is Cc1noc(NC(=O)OC(C)c2ccccc2)c1-c1ccc(NC(CCC2CC2)C(=O)O)nc1. The first-order chi connectivity index (χ1) is 16.4. The highest BCUT2D eigenvalue weighted by molar-refractivity contribution is 5.89. The molecule has 1 fully saturated rings. The predicted octanol–water partition coefficient (Wildman–Crippen LogP) is 5.41. The number of nitrogens with one attached hydrogen (secondary N) is 2. The second-order valence-corrected chi connectivity index (χ2v) is 8.54. The summed E-state index contributed by atoms with van der Waals surface area (Å²) in [6, 6.07) is 12.2. The van der Waals surface area contributed by atoms with Gasteiger partial charge in [-0.05, 0) is 50.3 Å². The number of aliphatic carboxylic acids is 1. The van der Waals surface area contributed by atoms with Crippen LogP contribution in [-0.2, 0) is 9.53 Å². The first-order valence-corrected chi connectivity index (χ1v) is 11.4. The molecule has 0 bridgehead atoms. The van der Waals surface area contributed by atoms with Gasteiger partial charge in [0, 0.05) is 11.8 Å². The Labute approximate surface area is 197 Å². The number of nitrogens with zero attached hydrogens (tertiary/aromatic N) is 2. The van der Waals surface area contributed by atoms with Crippen LogP contribution in [0.5, 0.6) is 0 Å². The predicted molar refractivity (Wildman–Crippen MR) is 126 cm³/mol. The number of hydrogen-bond acceptors (Lipinski definition) is 7. The Hall–Kier alpha value is -3.88. The summed E-state index contributed by atoms with van der Waals surface area (Å²) in [4.78, 5) is 28.4. The highest BCUT2D eigenvalue weighted by Crippen LogP contribution is 2.34. The van der Waals surface area contributed by atoms with Crippen LogP contribution >= 0.6 is 0 Å². The van der Waals surface area contributed by atoms with Crippen LogP contribution in [0.2, 0.25) is 0 Å². The van der Waals surface area contributed by atoms with E-state index in [-0.39, 0.29) is 5.88 Å². The molecule has 0 saturated heterocycles. The van der Waals surface area contributed by atoms with E-state index in [0.717, 1.165) is 12.0 Å². The lowest BCUT2D eigenvalue weighted by atomic mass is 10.1. The molecule has 1 amide bonds. The average Bonchev–Trinajstić information content (AvgIpc) is 3.59. The van der Waals surface area contributed by atoms with Crippen molar-refractivity contribution in [3.05, 3.63) is 59.9 Å². The highest BCUT2D eigenvalue weighted by atomic mass is 16.6. The topological polar surface area (TPSA) is 127 Å². The van der Waals surface area contributed by atoms with Gasteiger partial charge in [-0.15, -0.1) is 0 Å². The number of pyridine rings is 1. The highest BCUT2D eigenvalue weighted by Gasteiger charge is 2.26. The molecule has 3 aromatic rings. The molecule has 3 N–H and O–H groups in total. The van der Waals surface area contributed by atoms with Gasteiger partial charge in [-0.1, -0.05) is 48.3 Å². The van der Waals surface area contributed by atoms with Gasteiger partial charge in [-0.3, -0.25) is 5.32 Å². The molecule has 0 aliphatic heterocycles. The van der Waals surface area contributed by atoms with E-state index in [9.17, 15) is 14.7 Å². The largest absolute Gasteiger partial charge is 0.480 e. The Kier molecular flexibility index (Phi) is 7.10. The van der Waals surface area contributed by atoms with E-state index in [1.807, 2.05) is 30.3 Å². The molecule has 1 saturated carbocycles. The molecular formula is C25H28N4O5. The number of aryl methyl sites for hydroxylation is 1. The van der Waals surface area contributed by atoms with Crippen LogP contribution in [0, 0.1) is 12.8 Å². The number of hydrogen-bond donors (Lipinski definition) is 3. The number of aromatic nitrogens is 2. The van der Waals surface area contributed by atoms with Gasteiger partial charge < -0.3 is 19.7 Å². The standard InChI is InChI=1S/C25H28N4O5/c1-15-22(23(34-29-15)28-25(32)33-16(2)18-6-4-3-5-7-18)19-11-13-21(26-14-19)27-20(24(30)31)12-10-17-8-9-17/h3-7,11,13-14,16-17,20H,8-10,12H2,1-2H3,(H,26,27)(H,28,32)(H,30,31). The molecule has 2 unspecified atom stereocenters. The van der Waals surface area contributed by atoms with E-state index in [1.54, 1.807) is 32.2 Å². The third-order valence-electron chi connectivity index (χ3n) is 5.86. The van der Waals surface area contributed by atoms with Crippen molar-refractivity contribution in [2.75, 3.05) is 10.6 Å². The molecule has 9 heteroatoms. The number of benzene rings is 1. The zero-order chi connectivity index (χ0) is 24.1. The van der Waals surface area contributed by atoms with Crippen molar-refractivity contribution in [3.63, 3.8) is 0 Å². The van der Waals surface area contributed by atoms with Crippen molar-refractivity contribution in [2.24, 2.45) is 5.92 Å². The summed E-state index contributed by atoms with van der Waals surface area (Å²) in [6.45, 7) is 3.54. The van der Waals surface area contributed by atoms with Crippen LogP contribution in [0.3, 0.4) is 0 Å². The Morgan fingerprint density at radius 2 is 1.97 bits per heavy atom. The van der Waals surface area contributed by atoms with Gasteiger partial charge in [0.05, 0.1) is 11.3 Å². The third-order valence-corrected chi connectivity index (χ3v) is 5.86. The van der Waals surface area contributed by atoms with Crippen molar-refractivity contribution in [1.82, 2.24) is 10.1 Å². The molecule has 0 spiro atoms. The fourth-order valence-corrected chi connectivity index (χ4v) is 3.74. The number of carboxylic acids is 1. The van der Waals surface area contributed by atoms with Crippen LogP contribution in [0.15, 0.2) is 53.2 Å². The maximum Gasteiger partial charge on any atom is 0.414 e. The summed E-state index contributed by atoms with van der Waals surface area (Å²) < 4.78 is 10.8. The smallest absolute Gasteiger partial charge is 0.414 e. The molecule has 1 aliphatic carbocycles. The minimum absolute atomic E-state index is 0.151. The first kappa shape index (κ1) is 23.3. The van der Waals surface area contributed by atoms with Crippen molar-refractivity contribution >= 4 is 23.8 Å². The van der Waals surface area contributed by atoms with Gasteiger partial charge in [0.25, 0.3) is 0 Å². The number of anilines is 2. The molecule has 34 heavy (non-hydrogen) atoms. The number of amides is 1. The molecule has 0 radical (unpaired) electrons. The Morgan fingerprint density at radius 1 is 1.21 bits per heavy atom. The lowest BCUT2D eigenvalue weighted by molar-refractivity contribution is -0.138. The van der Waals surface area contributed by atoms with Crippen molar-refractivity contribution < 1.29 is 24.0 Å². The van der Waals surface area contributed by atoms with Crippen molar-refractivity contribution in [2.45, 2.75) is 51.7 Å². The van der Waals surface area contributed by atoms with Gasteiger partial charge in [-0.2, -0.15) is 0 Å². The maximum atomic E-state index is 12.4. The number of carbonyl (C=O) groups is 2. The van der Waals surface area contributed by atoms with Crippen LogP contribution in [0.25, 0.3) is 11.1 Å². The summed E-state index contributed by atoms with van der Waals surface area (Å²) in [5.74, 6) is 0.379. The second kappa shape index (κ2) is 10.4. The minimum atomic E-state index is -0.892. The van der Waals surface area contributed by atoms with Gasteiger partial charge in [-0.25, -0.2) is 14.6 Å². The van der Waals surface area contributed by atoms with Crippen LogP contribution in [-0.4, -0.2) is 33.4 Å². The van der Waals surface area contributed by atoms with Crippen LogP contribution in [0.4, 0.5) is 16.5 Å². The normalized spacial score (nSPS) is 14.8. The molecule has 2 atom stereocenters. The van der Waals surface area contributed by atoms with Crippen LogP contribution in [0.1, 0.15) is 50.0 Å². The van der Waals surface area contributed by atoms with Gasteiger partial charge in [0.1, 0.15) is 18.0 Å². The number of carboxylic acid groups (broad SMARTS) is 1. The zero-order valence-electron chi connectivity index (χ0n) is 19.2. The van der Waals surface area contributed by atoms with Crippen molar-refractivity contribution in [1.29, 1.82) is 0 Å². The Morgan fingerprint density at radius 3 is 2.62 bits per heavy atom. The van der Waals surface area contributed by atoms with E-state index in [0.29, 0.717) is 35.0 Å². The van der Waals surface area contributed by atoms with Gasteiger partial charge in [0.2, 0.25) is 5.88 Å². The molecule has 1 aromatic carbocycles. The van der Waals surface area contributed by atoms with E-state index in [2.05, 4.69) is 20.8 Å². The molecule has 9 nitrogen and oxygen atoms in total. The molecule has 178 valence electrons. The van der Waals surface area contributed by atoms with E-state index in [4.69, 9.17) is 9.26 Å². The molecular weight excluding hydrogens is 436 g/mol. The summed E-state index contributed by atoms with van der Waals surface area (Å²) in [6.07, 6.45) is 4.31. The monoisotopic (exact) mass is 464 g/mol. The van der Waals surface area contributed by atoms with E-state index >= 15 is 0 Å². The summed E-state index contributed by atoms with van der Waals surface area (Å²) >= 11 is 0. The fraction of sp³-hybridized carbons (Fsp3) is 0.360. The Balaban J connectivity index is 1.41. The first-order valence-electron chi connectivity index (χ1n) is 11.4. The number of ether oxygens (including phenoxy) is 1. The number of carbonyl (C=O) groups excluding carboxylic acids is 1. The molecule has 2 heterocycles. The zero-order valence-corrected chi connectivity index (χ0v) is 19.2. The average molecular weight is 465 g/mol. The Bertz CT molecular complexity index is 1130.